The predicted molar refractivity (Wildman–Crippen MR) is 83.3 cm³/mol. The van der Waals surface area contributed by atoms with E-state index < -0.39 is 0 Å². The van der Waals surface area contributed by atoms with Crippen molar-refractivity contribution >= 4 is 5.69 Å². The van der Waals surface area contributed by atoms with E-state index in [1.54, 1.807) is 7.11 Å². The van der Waals surface area contributed by atoms with Gasteiger partial charge in [0.1, 0.15) is 11.6 Å². The van der Waals surface area contributed by atoms with Gasteiger partial charge in [0.05, 0.1) is 19.3 Å². The first-order chi connectivity index (χ1) is 10.2. The largest absolute Gasteiger partial charge is 0.495 e. The third-order valence-electron chi connectivity index (χ3n) is 4.23. The van der Waals surface area contributed by atoms with E-state index in [9.17, 15) is 0 Å². The van der Waals surface area contributed by atoms with Crippen LogP contribution in [0.25, 0.3) is 0 Å². The van der Waals surface area contributed by atoms with Crippen molar-refractivity contribution in [1.29, 1.82) is 0 Å². The maximum absolute atomic E-state index is 6.02. The predicted octanol–water partition coefficient (Wildman–Crippen LogP) is 1.61. The van der Waals surface area contributed by atoms with Gasteiger partial charge in [-0.15, -0.1) is 0 Å². The van der Waals surface area contributed by atoms with Crippen molar-refractivity contribution in [3.05, 3.63) is 41.5 Å². The number of anilines is 1. The molecule has 2 N–H and O–H groups in total. The third kappa shape index (κ3) is 2.88. The quantitative estimate of drug-likeness (QED) is 0.871. The summed E-state index contributed by atoms with van der Waals surface area (Å²) in [5.41, 5.74) is 9.44. The summed E-state index contributed by atoms with van der Waals surface area (Å²) < 4.78 is 7.41. The first-order valence-electron chi connectivity index (χ1n) is 7.31. The Bertz CT molecular complexity index is 635. The van der Waals surface area contributed by atoms with Gasteiger partial charge in [-0.05, 0) is 36.1 Å². The SMILES string of the molecule is COc1cc2c(cc1N)CCN(Cc1nccn1C)CC2. The minimum Gasteiger partial charge on any atom is -0.495 e. The van der Waals surface area contributed by atoms with Gasteiger partial charge in [-0.2, -0.15) is 0 Å². The lowest BCUT2D eigenvalue weighted by Gasteiger charge is -2.19. The summed E-state index contributed by atoms with van der Waals surface area (Å²) in [5, 5.41) is 0. The second kappa shape index (κ2) is 5.77. The van der Waals surface area contributed by atoms with Crippen LogP contribution in [-0.2, 0) is 26.4 Å². The molecule has 5 nitrogen and oxygen atoms in total. The van der Waals surface area contributed by atoms with Crippen LogP contribution in [0.2, 0.25) is 0 Å². The molecular weight excluding hydrogens is 264 g/mol. The van der Waals surface area contributed by atoms with Crippen LogP contribution in [0.1, 0.15) is 17.0 Å². The molecule has 2 aromatic rings. The van der Waals surface area contributed by atoms with E-state index in [0.717, 1.165) is 49.7 Å². The molecule has 1 aromatic carbocycles. The van der Waals surface area contributed by atoms with Crippen LogP contribution in [-0.4, -0.2) is 34.7 Å². The average Bonchev–Trinajstić information content (AvgIpc) is 2.77. The van der Waals surface area contributed by atoms with Crippen molar-refractivity contribution in [3.8, 4) is 5.75 Å². The molecule has 0 unspecified atom stereocenters. The van der Waals surface area contributed by atoms with Crippen LogP contribution in [0.5, 0.6) is 5.75 Å². The number of nitrogens with zero attached hydrogens (tertiary/aromatic N) is 3. The molecule has 0 atom stereocenters. The molecule has 0 radical (unpaired) electrons. The molecule has 0 spiro atoms. The van der Waals surface area contributed by atoms with E-state index >= 15 is 0 Å². The Morgan fingerprint density at radius 3 is 2.57 bits per heavy atom. The average molecular weight is 286 g/mol. The minimum absolute atomic E-state index is 0.730. The van der Waals surface area contributed by atoms with Gasteiger partial charge >= 0.3 is 0 Å². The number of ether oxygens (including phenoxy) is 1. The molecule has 0 amide bonds. The van der Waals surface area contributed by atoms with Gasteiger partial charge in [-0.3, -0.25) is 4.90 Å². The number of aryl methyl sites for hydroxylation is 1. The smallest absolute Gasteiger partial charge is 0.142 e. The summed E-state index contributed by atoms with van der Waals surface area (Å²) in [5.74, 6) is 1.89. The fourth-order valence-electron chi connectivity index (χ4n) is 2.90. The highest BCUT2D eigenvalue weighted by molar-refractivity contribution is 5.57. The minimum atomic E-state index is 0.730. The topological polar surface area (TPSA) is 56.3 Å². The molecule has 1 aromatic heterocycles. The lowest BCUT2D eigenvalue weighted by atomic mass is 10.0. The lowest BCUT2D eigenvalue weighted by molar-refractivity contribution is 0.269. The summed E-state index contributed by atoms with van der Waals surface area (Å²) in [6, 6.07) is 4.16. The van der Waals surface area contributed by atoms with Crippen LogP contribution in [0, 0.1) is 0 Å². The standard InChI is InChI=1S/C16H22N4O/c1-19-8-5-18-16(19)11-20-6-3-12-9-14(17)15(21-2)10-13(12)4-7-20/h5,8-10H,3-4,6-7,11,17H2,1-2H3. The van der Waals surface area contributed by atoms with Crippen LogP contribution < -0.4 is 10.5 Å². The maximum Gasteiger partial charge on any atom is 0.142 e. The number of methoxy groups -OCH3 is 1. The number of imidazole rings is 1. The fraction of sp³-hybridized carbons (Fsp3) is 0.438. The second-order valence-corrected chi connectivity index (χ2v) is 5.59. The molecule has 1 aliphatic rings. The first kappa shape index (κ1) is 13.9. The van der Waals surface area contributed by atoms with Crippen molar-refractivity contribution in [3.63, 3.8) is 0 Å². The number of hydrogen-bond donors (Lipinski definition) is 1. The Morgan fingerprint density at radius 1 is 1.24 bits per heavy atom. The number of rotatable bonds is 3. The summed E-state index contributed by atoms with van der Waals surface area (Å²) in [7, 11) is 3.71. The Kier molecular flexibility index (Phi) is 3.84. The lowest BCUT2D eigenvalue weighted by Crippen LogP contribution is -2.27. The molecule has 2 heterocycles. The highest BCUT2D eigenvalue weighted by Gasteiger charge is 2.17. The van der Waals surface area contributed by atoms with Gasteiger partial charge in [0.2, 0.25) is 0 Å². The van der Waals surface area contributed by atoms with Crippen molar-refractivity contribution in [1.82, 2.24) is 14.5 Å². The van der Waals surface area contributed by atoms with Gasteiger partial charge in [0.25, 0.3) is 0 Å². The van der Waals surface area contributed by atoms with Crippen molar-refractivity contribution in [2.75, 3.05) is 25.9 Å². The normalized spacial score (nSPS) is 15.5. The number of nitrogen functional groups attached to an aromatic ring is 1. The molecule has 0 saturated carbocycles. The summed E-state index contributed by atoms with van der Waals surface area (Å²) in [4.78, 5) is 6.86. The first-order valence-corrected chi connectivity index (χ1v) is 7.31. The molecule has 0 bridgehead atoms. The van der Waals surface area contributed by atoms with Crippen LogP contribution in [0.15, 0.2) is 24.5 Å². The van der Waals surface area contributed by atoms with E-state index in [1.807, 2.05) is 19.4 Å². The molecule has 3 rings (SSSR count). The van der Waals surface area contributed by atoms with Gasteiger partial charge in [0, 0.05) is 32.5 Å². The Morgan fingerprint density at radius 2 is 1.95 bits per heavy atom. The Labute approximate surface area is 125 Å². The number of aromatic nitrogens is 2. The zero-order valence-electron chi connectivity index (χ0n) is 12.7. The molecule has 5 heteroatoms. The van der Waals surface area contributed by atoms with Crippen molar-refractivity contribution in [2.24, 2.45) is 7.05 Å². The van der Waals surface area contributed by atoms with Crippen LogP contribution in [0.4, 0.5) is 5.69 Å². The number of fused-ring (bicyclic) bond motifs is 1. The van der Waals surface area contributed by atoms with E-state index in [4.69, 9.17) is 10.5 Å². The van der Waals surface area contributed by atoms with Gasteiger partial charge < -0.3 is 15.0 Å². The van der Waals surface area contributed by atoms with Gasteiger partial charge in [0.15, 0.2) is 0 Å². The summed E-state index contributed by atoms with van der Waals surface area (Å²) >= 11 is 0. The molecule has 0 saturated heterocycles. The molecular formula is C16H22N4O. The summed E-state index contributed by atoms with van der Waals surface area (Å²) in [6.07, 6.45) is 5.89. The Balaban J connectivity index is 1.74. The van der Waals surface area contributed by atoms with Gasteiger partial charge in [-0.1, -0.05) is 0 Å². The van der Waals surface area contributed by atoms with Gasteiger partial charge in [-0.25, -0.2) is 4.98 Å². The third-order valence-corrected chi connectivity index (χ3v) is 4.23. The van der Waals surface area contributed by atoms with E-state index in [1.165, 1.54) is 11.1 Å². The highest BCUT2D eigenvalue weighted by Crippen LogP contribution is 2.28. The zero-order chi connectivity index (χ0) is 14.8. The number of hydrogen-bond acceptors (Lipinski definition) is 4. The zero-order valence-corrected chi connectivity index (χ0v) is 12.7. The van der Waals surface area contributed by atoms with E-state index in [-0.39, 0.29) is 0 Å². The monoisotopic (exact) mass is 286 g/mol. The number of benzene rings is 1. The Hall–Kier alpha value is -2.01. The molecule has 1 aliphatic heterocycles. The maximum atomic E-state index is 6.02. The molecule has 0 fully saturated rings. The summed E-state index contributed by atoms with van der Waals surface area (Å²) in [6.45, 7) is 2.96. The van der Waals surface area contributed by atoms with Crippen molar-refractivity contribution < 1.29 is 4.74 Å². The second-order valence-electron chi connectivity index (χ2n) is 5.59. The molecule has 112 valence electrons. The molecule has 21 heavy (non-hydrogen) atoms. The van der Waals surface area contributed by atoms with E-state index in [2.05, 4.69) is 26.6 Å². The fourth-order valence-corrected chi connectivity index (χ4v) is 2.90. The number of nitrogens with two attached hydrogens (primary N) is 1. The van der Waals surface area contributed by atoms with Crippen LogP contribution >= 0.6 is 0 Å². The van der Waals surface area contributed by atoms with Crippen LogP contribution in [0.3, 0.4) is 0 Å². The highest BCUT2D eigenvalue weighted by atomic mass is 16.5. The molecule has 0 aliphatic carbocycles. The van der Waals surface area contributed by atoms with E-state index in [0.29, 0.717) is 0 Å². The van der Waals surface area contributed by atoms with Crippen molar-refractivity contribution in [2.45, 2.75) is 19.4 Å².